The Morgan fingerprint density at radius 2 is 1.73 bits per heavy atom. The maximum Gasteiger partial charge on any atom is 0.136 e. The zero-order valence-corrected chi connectivity index (χ0v) is 11.0. The van der Waals surface area contributed by atoms with Crippen LogP contribution in [0.1, 0.15) is 72.6 Å². The molecular formula is C14H28O. The predicted molar refractivity (Wildman–Crippen MR) is 67.0 cm³/mol. The zero-order chi connectivity index (χ0) is 11.7. The Morgan fingerprint density at radius 1 is 1.07 bits per heavy atom. The standard InChI is InChI=1S/C14H28O/c1-5-8-10-13(7-3)14(15)11-12(4)9-6-2/h12-13H,5-11H2,1-4H3. The average molecular weight is 212 g/mol. The van der Waals surface area contributed by atoms with Crippen LogP contribution in [-0.2, 0) is 4.79 Å². The first kappa shape index (κ1) is 14.7. The van der Waals surface area contributed by atoms with E-state index in [-0.39, 0.29) is 0 Å². The summed E-state index contributed by atoms with van der Waals surface area (Å²) in [5.41, 5.74) is 0. The molecule has 15 heavy (non-hydrogen) atoms. The van der Waals surface area contributed by atoms with Crippen molar-refractivity contribution in [2.75, 3.05) is 0 Å². The van der Waals surface area contributed by atoms with Gasteiger partial charge in [-0.25, -0.2) is 0 Å². The molecule has 0 heterocycles. The Bertz CT molecular complexity index is 163. The average Bonchev–Trinajstić information content (AvgIpc) is 2.19. The third-order valence-corrected chi connectivity index (χ3v) is 3.19. The predicted octanol–water partition coefficient (Wildman–Crippen LogP) is 4.60. The number of unbranched alkanes of at least 4 members (excludes halogenated alkanes) is 1. The highest BCUT2D eigenvalue weighted by Gasteiger charge is 2.17. The Labute approximate surface area is 95.6 Å². The molecule has 0 aromatic rings. The van der Waals surface area contributed by atoms with E-state index < -0.39 is 0 Å². The first-order valence-corrected chi connectivity index (χ1v) is 6.68. The van der Waals surface area contributed by atoms with Gasteiger partial charge in [0, 0.05) is 12.3 Å². The van der Waals surface area contributed by atoms with Crippen molar-refractivity contribution < 1.29 is 4.79 Å². The first-order valence-electron chi connectivity index (χ1n) is 6.68. The van der Waals surface area contributed by atoms with Crippen molar-refractivity contribution in [1.29, 1.82) is 0 Å². The molecule has 0 aromatic heterocycles. The second-order valence-electron chi connectivity index (χ2n) is 4.81. The van der Waals surface area contributed by atoms with E-state index >= 15 is 0 Å². The van der Waals surface area contributed by atoms with E-state index in [0.717, 1.165) is 19.3 Å². The van der Waals surface area contributed by atoms with Gasteiger partial charge < -0.3 is 0 Å². The number of ketones is 1. The van der Waals surface area contributed by atoms with E-state index in [4.69, 9.17) is 0 Å². The minimum atomic E-state index is 0.337. The van der Waals surface area contributed by atoms with Crippen molar-refractivity contribution in [1.82, 2.24) is 0 Å². The molecule has 0 aromatic carbocycles. The molecule has 0 aliphatic heterocycles. The van der Waals surface area contributed by atoms with Crippen molar-refractivity contribution in [3.8, 4) is 0 Å². The van der Waals surface area contributed by atoms with E-state index in [0.29, 0.717) is 17.6 Å². The summed E-state index contributed by atoms with van der Waals surface area (Å²) in [7, 11) is 0. The van der Waals surface area contributed by atoms with Crippen LogP contribution >= 0.6 is 0 Å². The van der Waals surface area contributed by atoms with Crippen molar-refractivity contribution >= 4 is 5.78 Å². The second-order valence-corrected chi connectivity index (χ2v) is 4.81. The summed E-state index contributed by atoms with van der Waals surface area (Å²) < 4.78 is 0. The SMILES string of the molecule is CCCCC(CC)C(=O)CC(C)CCC. The topological polar surface area (TPSA) is 17.1 Å². The molecule has 0 bridgehead atoms. The van der Waals surface area contributed by atoms with E-state index in [1.165, 1.54) is 25.7 Å². The fraction of sp³-hybridized carbons (Fsp3) is 0.929. The number of carbonyl (C=O) groups is 1. The Balaban J connectivity index is 3.91. The number of carbonyl (C=O) groups excluding carboxylic acids is 1. The van der Waals surface area contributed by atoms with Gasteiger partial charge in [0.05, 0.1) is 0 Å². The van der Waals surface area contributed by atoms with Gasteiger partial charge in [0.1, 0.15) is 5.78 Å². The van der Waals surface area contributed by atoms with Gasteiger partial charge in [-0.1, -0.05) is 53.4 Å². The molecule has 0 aliphatic rings. The highest BCUT2D eigenvalue weighted by Crippen LogP contribution is 2.19. The largest absolute Gasteiger partial charge is 0.299 e. The monoisotopic (exact) mass is 212 g/mol. The van der Waals surface area contributed by atoms with Crippen LogP contribution in [0.5, 0.6) is 0 Å². The van der Waals surface area contributed by atoms with E-state index in [1.807, 2.05) is 0 Å². The lowest BCUT2D eigenvalue weighted by Gasteiger charge is -2.16. The summed E-state index contributed by atoms with van der Waals surface area (Å²) in [6.07, 6.45) is 7.72. The van der Waals surface area contributed by atoms with Gasteiger partial charge in [-0.3, -0.25) is 4.79 Å². The zero-order valence-electron chi connectivity index (χ0n) is 11.0. The van der Waals surface area contributed by atoms with Crippen molar-refractivity contribution in [2.45, 2.75) is 72.6 Å². The van der Waals surface area contributed by atoms with Crippen LogP contribution < -0.4 is 0 Å². The second kappa shape index (κ2) is 8.94. The van der Waals surface area contributed by atoms with Gasteiger partial charge in [0.2, 0.25) is 0 Å². The van der Waals surface area contributed by atoms with E-state index in [2.05, 4.69) is 27.7 Å². The lowest BCUT2D eigenvalue weighted by Crippen LogP contribution is -2.16. The number of rotatable bonds is 9. The van der Waals surface area contributed by atoms with Crippen LogP contribution in [0, 0.1) is 11.8 Å². The molecule has 0 amide bonds. The minimum Gasteiger partial charge on any atom is -0.299 e. The Kier molecular flexibility index (Phi) is 8.74. The van der Waals surface area contributed by atoms with Crippen LogP contribution in [0.2, 0.25) is 0 Å². The van der Waals surface area contributed by atoms with Crippen LogP contribution in [0.3, 0.4) is 0 Å². The fourth-order valence-corrected chi connectivity index (χ4v) is 2.15. The summed E-state index contributed by atoms with van der Waals surface area (Å²) in [5, 5.41) is 0. The lowest BCUT2D eigenvalue weighted by molar-refractivity contribution is -0.124. The summed E-state index contributed by atoms with van der Waals surface area (Å²) in [6, 6.07) is 0. The third-order valence-electron chi connectivity index (χ3n) is 3.19. The number of Topliss-reactive ketones (excluding diaryl/α,β-unsaturated/α-hetero) is 1. The van der Waals surface area contributed by atoms with Crippen molar-refractivity contribution in [3.05, 3.63) is 0 Å². The Morgan fingerprint density at radius 3 is 2.20 bits per heavy atom. The number of hydrogen-bond donors (Lipinski definition) is 0. The number of hydrogen-bond acceptors (Lipinski definition) is 1. The molecule has 0 rings (SSSR count). The summed E-state index contributed by atoms with van der Waals surface area (Å²) in [4.78, 5) is 12.0. The quantitative estimate of drug-likeness (QED) is 0.546. The maximum atomic E-state index is 12.0. The van der Waals surface area contributed by atoms with Gasteiger partial charge in [-0.2, -0.15) is 0 Å². The molecule has 0 fully saturated rings. The van der Waals surface area contributed by atoms with Crippen molar-refractivity contribution in [2.24, 2.45) is 11.8 Å². The third kappa shape index (κ3) is 6.70. The van der Waals surface area contributed by atoms with Gasteiger partial charge in [-0.05, 0) is 18.8 Å². The molecule has 0 radical (unpaired) electrons. The summed E-state index contributed by atoms with van der Waals surface area (Å²) >= 11 is 0. The molecule has 90 valence electrons. The van der Waals surface area contributed by atoms with Gasteiger partial charge in [0.25, 0.3) is 0 Å². The molecule has 1 heteroatoms. The Hall–Kier alpha value is -0.330. The maximum absolute atomic E-state index is 12.0. The highest BCUT2D eigenvalue weighted by atomic mass is 16.1. The van der Waals surface area contributed by atoms with Gasteiger partial charge in [-0.15, -0.1) is 0 Å². The normalized spacial score (nSPS) is 14.9. The van der Waals surface area contributed by atoms with Crippen LogP contribution in [0.25, 0.3) is 0 Å². The van der Waals surface area contributed by atoms with Gasteiger partial charge >= 0.3 is 0 Å². The molecule has 0 N–H and O–H groups in total. The molecular weight excluding hydrogens is 184 g/mol. The molecule has 0 aliphatic carbocycles. The molecule has 2 atom stereocenters. The van der Waals surface area contributed by atoms with Crippen LogP contribution in [0.15, 0.2) is 0 Å². The fourth-order valence-electron chi connectivity index (χ4n) is 2.15. The highest BCUT2D eigenvalue weighted by molar-refractivity contribution is 5.81. The van der Waals surface area contributed by atoms with E-state index in [9.17, 15) is 4.79 Å². The smallest absolute Gasteiger partial charge is 0.136 e. The summed E-state index contributed by atoms with van der Waals surface area (Å²) in [5.74, 6) is 1.43. The molecule has 1 nitrogen and oxygen atoms in total. The van der Waals surface area contributed by atoms with E-state index in [1.54, 1.807) is 0 Å². The summed E-state index contributed by atoms with van der Waals surface area (Å²) in [6.45, 7) is 8.73. The van der Waals surface area contributed by atoms with Crippen LogP contribution in [0.4, 0.5) is 0 Å². The lowest BCUT2D eigenvalue weighted by atomic mass is 9.88. The van der Waals surface area contributed by atoms with Gasteiger partial charge in [0.15, 0.2) is 0 Å². The molecule has 0 saturated carbocycles. The first-order chi connectivity index (χ1) is 7.15. The van der Waals surface area contributed by atoms with Crippen LogP contribution in [-0.4, -0.2) is 5.78 Å². The molecule has 0 saturated heterocycles. The minimum absolute atomic E-state index is 0.337. The molecule has 0 spiro atoms. The molecule has 2 unspecified atom stereocenters. The van der Waals surface area contributed by atoms with Crippen molar-refractivity contribution in [3.63, 3.8) is 0 Å².